The quantitative estimate of drug-likeness (QED) is 0.0275. The lowest BCUT2D eigenvalue weighted by Crippen LogP contribution is -2.29. The van der Waals surface area contributed by atoms with Gasteiger partial charge in [0.1, 0.15) is 6.61 Å². The molecule has 10 heteroatoms. The average Bonchev–Trinajstić information content (AvgIpc) is 3.10. The fourth-order valence-electron chi connectivity index (χ4n) is 5.55. The predicted octanol–water partition coefficient (Wildman–Crippen LogP) is 11.2. The van der Waals surface area contributed by atoms with Gasteiger partial charge in [-0.1, -0.05) is 154 Å². The molecule has 0 rings (SSSR count). The summed E-state index contributed by atoms with van der Waals surface area (Å²) in [6.45, 7) is 3.70. The number of hydrogen-bond acceptors (Lipinski definition) is 8. The van der Waals surface area contributed by atoms with Crippen LogP contribution in [0, 0.1) is 0 Å². The molecule has 0 heterocycles. The third kappa shape index (κ3) is 36.3. The minimum absolute atomic E-state index is 0.0537. The molecule has 1 unspecified atom stereocenters. The van der Waals surface area contributed by atoms with E-state index in [9.17, 15) is 19.0 Å². The molecule has 0 spiro atoms. The largest absolute Gasteiger partial charge is 0.472 e. The maximum Gasteiger partial charge on any atom is 0.472 e. The molecule has 0 aromatic carbocycles. The molecule has 0 amide bonds. The smallest absolute Gasteiger partial charge is 0.462 e. The van der Waals surface area contributed by atoms with Crippen LogP contribution in [0.5, 0.6) is 0 Å². The zero-order valence-corrected chi connectivity index (χ0v) is 33.0. The normalized spacial score (nSPS) is 13.6. The number of carbonyl (C=O) groups excluding carboxylic acids is 2. The summed E-state index contributed by atoms with van der Waals surface area (Å²) in [6.07, 6.45) is 37.7. The minimum Gasteiger partial charge on any atom is -0.462 e. The highest BCUT2D eigenvalue weighted by atomic mass is 31.2. The Morgan fingerprint density at radius 1 is 0.600 bits per heavy atom. The van der Waals surface area contributed by atoms with Crippen LogP contribution in [0.2, 0.25) is 0 Å². The van der Waals surface area contributed by atoms with Crippen LogP contribution in [0.3, 0.4) is 0 Å². The number of hydrogen-bond donors (Lipinski definition) is 2. The summed E-state index contributed by atoms with van der Waals surface area (Å²) < 4.78 is 32.7. The highest BCUT2D eigenvalue weighted by molar-refractivity contribution is 7.47. The first-order valence-electron chi connectivity index (χ1n) is 20.3. The Morgan fingerprint density at radius 3 is 1.56 bits per heavy atom. The number of ether oxygens (including phenoxy) is 2. The lowest BCUT2D eigenvalue weighted by molar-refractivity contribution is -0.161. The summed E-state index contributed by atoms with van der Waals surface area (Å²) in [6, 6.07) is 0. The zero-order chi connectivity index (χ0) is 36.8. The van der Waals surface area contributed by atoms with Crippen LogP contribution in [-0.4, -0.2) is 49.3 Å². The fraction of sp³-hybridized carbons (Fsp3) is 0.850. The van der Waals surface area contributed by atoms with Crippen molar-refractivity contribution in [3.63, 3.8) is 0 Å². The van der Waals surface area contributed by atoms with Crippen LogP contribution in [0.4, 0.5) is 0 Å². The van der Waals surface area contributed by atoms with Gasteiger partial charge in [0.15, 0.2) is 6.10 Å². The molecular formula is C40H76NO8P. The predicted molar refractivity (Wildman–Crippen MR) is 206 cm³/mol. The molecule has 0 saturated heterocycles. The standard InChI is InChI=1S/C40H76NO8P/c1-3-5-7-9-11-13-15-17-18-19-20-21-23-24-26-28-30-32-39(42)46-36-38(37-48-50(44,45)47-35-34-41)49-40(43)33-31-29-27-25-22-16-14-12-10-8-6-4-2/h11,13,17-18,38H,3-10,12,14-16,19-37,41H2,1-2H3,(H,44,45)/b13-11+,18-17+/t38-/m0/s1. The van der Waals surface area contributed by atoms with Crippen molar-refractivity contribution in [1.82, 2.24) is 0 Å². The van der Waals surface area contributed by atoms with E-state index in [2.05, 4.69) is 38.2 Å². The van der Waals surface area contributed by atoms with Gasteiger partial charge in [-0.3, -0.25) is 18.6 Å². The molecular weight excluding hydrogens is 653 g/mol. The average molecular weight is 730 g/mol. The van der Waals surface area contributed by atoms with Gasteiger partial charge in [-0.15, -0.1) is 0 Å². The van der Waals surface area contributed by atoms with Gasteiger partial charge < -0.3 is 20.1 Å². The summed E-state index contributed by atoms with van der Waals surface area (Å²) in [5, 5.41) is 0. The van der Waals surface area contributed by atoms with Crippen molar-refractivity contribution < 1.29 is 37.6 Å². The molecule has 0 bridgehead atoms. The molecule has 0 aliphatic rings. The van der Waals surface area contributed by atoms with E-state index >= 15 is 0 Å². The Morgan fingerprint density at radius 2 is 1.04 bits per heavy atom. The Labute approximate surface area is 306 Å². The number of esters is 2. The molecule has 9 nitrogen and oxygen atoms in total. The first-order chi connectivity index (χ1) is 24.3. The van der Waals surface area contributed by atoms with Crippen molar-refractivity contribution in [2.75, 3.05) is 26.4 Å². The Hall–Kier alpha value is -1.51. The fourth-order valence-corrected chi connectivity index (χ4v) is 6.31. The first kappa shape index (κ1) is 48.5. The van der Waals surface area contributed by atoms with E-state index in [0.717, 1.165) is 51.4 Å². The van der Waals surface area contributed by atoms with Crippen LogP contribution >= 0.6 is 7.82 Å². The van der Waals surface area contributed by atoms with E-state index in [1.165, 1.54) is 103 Å². The number of nitrogens with two attached hydrogens (primary N) is 1. The second-order valence-corrected chi connectivity index (χ2v) is 15.0. The van der Waals surface area contributed by atoms with E-state index in [1.54, 1.807) is 0 Å². The lowest BCUT2D eigenvalue weighted by Gasteiger charge is -2.19. The second-order valence-electron chi connectivity index (χ2n) is 13.5. The molecule has 50 heavy (non-hydrogen) atoms. The van der Waals surface area contributed by atoms with Crippen LogP contribution in [0.1, 0.15) is 187 Å². The Kier molecular flexibility index (Phi) is 36.1. The third-order valence-electron chi connectivity index (χ3n) is 8.59. The van der Waals surface area contributed by atoms with Crippen molar-refractivity contribution in [1.29, 1.82) is 0 Å². The van der Waals surface area contributed by atoms with Crippen LogP contribution < -0.4 is 5.73 Å². The van der Waals surface area contributed by atoms with Gasteiger partial charge in [0.05, 0.1) is 13.2 Å². The van der Waals surface area contributed by atoms with Gasteiger partial charge in [-0.2, -0.15) is 0 Å². The number of phosphoric acid groups is 1. The van der Waals surface area contributed by atoms with Crippen molar-refractivity contribution >= 4 is 19.8 Å². The number of carbonyl (C=O) groups is 2. The van der Waals surface area contributed by atoms with Crippen molar-refractivity contribution in [2.45, 2.75) is 193 Å². The maximum atomic E-state index is 12.5. The SMILES string of the molecule is CCCCC/C=C/C/C=C/CCCCCCCCCC(=O)OC[C@@H](COP(=O)(O)OCCN)OC(=O)CCCCCCCCCCCCCC. The highest BCUT2D eigenvalue weighted by Crippen LogP contribution is 2.43. The molecule has 0 aliphatic heterocycles. The summed E-state index contributed by atoms with van der Waals surface area (Å²) in [5.41, 5.74) is 5.33. The number of allylic oxidation sites excluding steroid dienone is 4. The summed E-state index contributed by atoms with van der Waals surface area (Å²) in [4.78, 5) is 34.7. The van der Waals surface area contributed by atoms with Crippen LogP contribution in [0.25, 0.3) is 0 Å². The first-order valence-corrected chi connectivity index (χ1v) is 21.8. The van der Waals surface area contributed by atoms with Gasteiger partial charge in [0.2, 0.25) is 0 Å². The van der Waals surface area contributed by atoms with Crippen LogP contribution in [0.15, 0.2) is 24.3 Å². The third-order valence-corrected chi connectivity index (χ3v) is 9.57. The van der Waals surface area contributed by atoms with Crippen molar-refractivity contribution in [2.24, 2.45) is 5.73 Å². The minimum atomic E-state index is -4.37. The molecule has 0 aromatic rings. The second kappa shape index (κ2) is 37.3. The summed E-state index contributed by atoms with van der Waals surface area (Å²) in [5.74, 6) is -0.833. The summed E-state index contributed by atoms with van der Waals surface area (Å²) in [7, 11) is -4.37. The van der Waals surface area contributed by atoms with E-state index < -0.39 is 26.5 Å². The molecule has 3 N–H and O–H groups in total. The van der Waals surface area contributed by atoms with E-state index in [4.69, 9.17) is 24.3 Å². The molecule has 0 aliphatic carbocycles. The molecule has 0 saturated carbocycles. The van der Waals surface area contributed by atoms with Crippen molar-refractivity contribution in [3.8, 4) is 0 Å². The molecule has 0 radical (unpaired) electrons. The van der Waals surface area contributed by atoms with E-state index in [-0.39, 0.29) is 38.6 Å². The van der Waals surface area contributed by atoms with Crippen molar-refractivity contribution in [3.05, 3.63) is 24.3 Å². The molecule has 0 aromatic heterocycles. The highest BCUT2D eigenvalue weighted by Gasteiger charge is 2.26. The lowest BCUT2D eigenvalue weighted by atomic mass is 10.0. The summed E-state index contributed by atoms with van der Waals surface area (Å²) >= 11 is 0. The Balaban J connectivity index is 4.17. The van der Waals surface area contributed by atoms with Crippen LogP contribution in [-0.2, 0) is 32.7 Å². The number of rotatable bonds is 38. The maximum absolute atomic E-state index is 12.5. The van der Waals surface area contributed by atoms with Gasteiger partial charge in [-0.05, 0) is 44.9 Å². The molecule has 0 fully saturated rings. The Bertz CT molecular complexity index is 881. The zero-order valence-electron chi connectivity index (χ0n) is 32.1. The number of phosphoric ester groups is 1. The van der Waals surface area contributed by atoms with E-state index in [0.29, 0.717) is 6.42 Å². The van der Waals surface area contributed by atoms with Gasteiger partial charge >= 0.3 is 19.8 Å². The molecule has 294 valence electrons. The topological polar surface area (TPSA) is 134 Å². The molecule has 2 atom stereocenters. The van der Waals surface area contributed by atoms with Gasteiger partial charge in [0, 0.05) is 19.4 Å². The van der Waals surface area contributed by atoms with Gasteiger partial charge in [0.25, 0.3) is 0 Å². The van der Waals surface area contributed by atoms with E-state index in [1.807, 2.05) is 0 Å². The monoisotopic (exact) mass is 730 g/mol. The van der Waals surface area contributed by atoms with Gasteiger partial charge in [-0.25, -0.2) is 4.57 Å². The number of unbranched alkanes of at least 4 members (excludes halogenated alkanes) is 21.